The summed E-state index contributed by atoms with van der Waals surface area (Å²) in [6, 6.07) is 0. The predicted molar refractivity (Wildman–Crippen MR) is 94.9 cm³/mol. The molecular weight excluding hydrogens is 316 g/mol. The van der Waals surface area contributed by atoms with Gasteiger partial charge in [-0.15, -0.1) is 0 Å². The van der Waals surface area contributed by atoms with Gasteiger partial charge in [0, 0.05) is 27.7 Å². The summed E-state index contributed by atoms with van der Waals surface area (Å²) in [4.78, 5) is 0. The number of hydrogen-bond acceptors (Lipinski definition) is 4. The van der Waals surface area contributed by atoms with Crippen LogP contribution in [0.5, 0.6) is 0 Å². The molecule has 9 heteroatoms. The van der Waals surface area contributed by atoms with E-state index in [-0.39, 0.29) is 31.2 Å². The normalized spacial score (nSPS) is 5.88. The van der Waals surface area contributed by atoms with Crippen LogP contribution in [0.25, 0.3) is 0 Å². The standard InChI is InChI=1S/4C2H4OS.H4Si/c4*1-2(3)4;/h4*1H3,(H,3,4);1H4. The summed E-state index contributed by atoms with van der Waals surface area (Å²) in [6.07, 6.45) is 0. The molecule has 0 amide bonds. The van der Waals surface area contributed by atoms with Gasteiger partial charge in [-0.25, -0.2) is 0 Å². The molecule has 0 saturated carbocycles. The molecule has 0 spiro atoms. The smallest absolute Gasteiger partial charge is 0.153 e. The minimum absolute atomic E-state index is 0. The zero-order valence-electron chi connectivity index (χ0n) is 9.42. The lowest BCUT2D eigenvalue weighted by Gasteiger charge is -1.64. The SMILES string of the molecule is CC(O)=S.CC(O)=S.CC(O)=S.CC(O)=S.[SiH4]. The van der Waals surface area contributed by atoms with Gasteiger partial charge >= 0.3 is 0 Å². The topological polar surface area (TPSA) is 80.9 Å². The van der Waals surface area contributed by atoms with Gasteiger partial charge in [0.2, 0.25) is 0 Å². The lowest BCUT2D eigenvalue weighted by atomic mass is 10.9. The highest BCUT2D eigenvalue weighted by molar-refractivity contribution is 7.80. The Balaban J connectivity index is -0.0000000369. The minimum Gasteiger partial charge on any atom is -0.502 e. The predicted octanol–water partition coefficient (Wildman–Crippen LogP) is 2.12. The summed E-state index contributed by atoms with van der Waals surface area (Å²) in [7, 11) is 0. The molecule has 0 aliphatic heterocycles. The van der Waals surface area contributed by atoms with E-state index in [1.54, 1.807) is 0 Å². The molecule has 0 rings (SSSR count). The Hall–Kier alpha value is -0.223. The van der Waals surface area contributed by atoms with Crippen LogP contribution in [0.15, 0.2) is 0 Å². The lowest BCUT2D eigenvalue weighted by molar-refractivity contribution is 0.564. The lowest BCUT2D eigenvalue weighted by Crippen LogP contribution is -1.72. The second-order valence-corrected chi connectivity index (χ2v) is 4.44. The quantitative estimate of drug-likeness (QED) is 0.396. The van der Waals surface area contributed by atoms with Crippen LogP contribution in [-0.4, -0.2) is 51.6 Å². The van der Waals surface area contributed by atoms with Gasteiger partial charge in [-0.05, 0) is 59.8 Å². The van der Waals surface area contributed by atoms with Gasteiger partial charge < -0.3 is 20.4 Å². The summed E-state index contributed by atoms with van der Waals surface area (Å²) >= 11 is 16.4. The summed E-state index contributed by atoms with van der Waals surface area (Å²) in [6.45, 7) is 5.81. The number of rotatable bonds is 0. The fourth-order valence-corrected chi connectivity index (χ4v) is 0. The average molecular weight is 337 g/mol. The van der Waals surface area contributed by atoms with Gasteiger partial charge in [0.05, 0.1) is 0 Å². The number of thiocarbonyl (C=S) groups is 4. The minimum atomic E-state index is 0. The summed E-state index contributed by atoms with van der Waals surface area (Å²) < 4.78 is 0. The van der Waals surface area contributed by atoms with E-state index in [9.17, 15) is 0 Å². The van der Waals surface area contributed by atoms with Crippen molar-refractivity contribution in [2.45, 2.75) is 27.7 Å². The highest BCUT2D eigenvalue weighted by atomic mass is 32.1. The number of aliphatic hydroxyl groups is 4. The average Bonchev–Trinajstić information content (AvgIpc) is 1.76. The molecule has 0 atom stereocenters. The molecule has 0 fully saturated rings. The first-order valence-corrected chi connectivity index (χ1v) is 5.34. The highest BCUT2D eigenvalue weighted by Gasteiger charge is 1.59. The highest BCUT2D eigenvalue weighted by Crippen LogP contribution is 1.55. The Morgan fingerprint density at radius 2 is 0.529 bits per heavy atom. The second kappa shape index (κ2) is 24.8. The van der Waals surface area contributed by atoms with Crippen LogP contribution in [0.2, 0.25) is 0 Å². The van der Waals surface area contributed by atoms with Crippen molar-refractivity contribution in [2.75, 3.05) is 0 Å². The third-order valence-corrected chi connectivity index (χ3v) is 0. The van der Waals surface area contributed by atoms with E-state index in [1.165, 1.54) is 27.7 Å². The van der Waals surface area contributed by atoms with Crippen LogP contribution in [0.4, 0.5) is 0 Å². The molecule has 0 aliphatic carbocycles. The molecule has 0 heterocycles. The Morgan fingerprint density at radius 1 is 0.529 bits per heavy atom. The molecule has 104 valence electrons. The fraction of sp³-hybridized carbons (Fsp3) is 0.500. The van der Waals surface area contributed by atoms with Crippen molar-refractivity contribution in [2.24, 2.45) is 0 Å². The molecule has 4 nitrogen and oxygen atoms in total. The molecule has 0 aromatic heterocycles. The van der Waals surface area contributed by atoms with Crippen molar-refractivity contribution in [1.82, 2.24) is 0 Å². The first-order chi connectivity index (χ1) is 6.93. The molecule has 0 bridgehead atoms. The van der Waals surface area contributed by atoms with Crippen LogP contribution in [-0.2, 0) is 0 Å². The molecule has 0 aliphatic rings. The van der Waals surface area contributed by atoms with Crippen molar-refractivity contribution < 1.29 is 20.4 Å². The summed E-state index contributed by atoms with van der Waals surface area (Å²) in [5.74, 6) is 0. The van der Waals surface area contributed by atoms with E-state index in [2.05, 4.69) is 48.9 Å². The molecular formula is C8H20O4S4Si. The van der Waals surface area contributed by atoms with Gasteiger partial charge in [0.25, 0.3) is 0 Å². The van der Waals surface area contributed by atoms with E-state index < -0.39 is 0 Å². The van der Waals surface area contributed by atoms with Crippen LogP contribution in [0.3, 0.4) is 0 Å². The van der Waals surface area contributed by atoms with E-state index in [0.717, 1.165) is 0 Å². The maximum Gasteiger partial charge on any atom is 0.153 e. The van der Waals surface area contributed by atoms with Crippen LogP contribution in [0, 0.1) is 0 Å². The van der Waals surface area contributed by atoms with E-state index in [1.807, 2.05) is 0 Å². The number of aliphatic hydroxyl groups excluding tert-OH is 4. The Kier molecular flexibility index (Phi) is 44.0. The number of hydrogen-bond donors (Lipinski definition) is 4. The third kappa shape index (κ3) is 60200. The van der Waals surface area contributed by atoms with Gasteiger partial charge in [-0.3, -0.25) is 0 Å². The Bertz CT molecular complexity index is 170. The van der Waals surface area contributed by atoms with Gasteiger partial charge in [0.15, 0.2) is 20.2 Å². The van der Waals surface area contributed by atoms with Crippen LogP contribution < -0.4 is 0 Å². The molecule has 4 N–H and O–H groups in total. The van der Waals surface area contributed by atoms with Crippen LogP contribution in [0.1, 0.15) is 27.7 Å². The molecule has 0 aromatic carbocycles. The zero-order valence-corrected chi connectivity index (χ0v) is 12.7. The van der Waals surface area contributed by atoms with Crippen molar-refractivity contribution in [3.63, 3.8) is 0 Å². The summed E-state index contributed by atoms with van der Waals surface area (Å²) in [5.41, 5.74) is 0. The maximum absolute atomic E-state index is 7.79. The van der Waals surface area contributed by atoms with Crippen molar-refractivity contribution in [3.8, 4) is 0 Å². The Morgan fingerprint density at radius 3 is 0.529 bits per heavy atom. The second-order valence-electron chi connectivity index (χ2n) is 2.08. The van der Waals surface area contributed by atoms with Crippen molar-refractivity contribution in [3.05, 3.63) is 0 Å². The Labute approximate surface area is 128 Å². The van der Waals surface area contributed by atoms with Crippen LogP contribution >= 0.6 is 48.9 Å². The first-order valence-electron chi connectivity index (χ1n) is 3.71. The van der Waals surface area contributed by atoms with Crippen molar-refractivity contribution in [1.29, 1.82) is 0 Å². The molecule has 0 aromatic rings. The monoisotopic (exact) mass is 336 g/mol. The van der Waals surface area contributed by atoms with E-state index in [0.29, 0.717) is 0 Å². The third-order valence-electron chi connectivity index (χ3n) is 0. The van der Waals surface area contributed by atoms with E-state index in [4.69, 9.17) is 20.4 Å². The largest absolute Gasteiger partial charge is 0.502 e. The zero-order chi connectivity index (χ0) is 14.3. The first kappa shape index (κ1) is 30.1. The molecule has 0 radical (unpaired) electrons. The molecule has 0 saturated heterocycles. The van der Waals surface area contributed by atoms with Gasteiger partial charge in [0.1, 0.15) is 0 Å². The maximum atomic E-state index is 7.79. The summed E-state index contributed by atoms with van der Waals surface area (Å²) in [5, 5.41) is 31.1. The van der Waals surface area contributed by atoms with Gasteiger partial charge in [-0.1, -0.05) is 0 Å². The van der Waals surface area contributed by atoms with Gasteiger partial charge in [-0.2, -0.15) is 0 Å². The molecule has 0 unspecified atom stereocenters. The fourth-order valence-electron chi connectivity index (χ4n) is 0. The van der Waals surface area contributed by atoms with Crippen molar-refractivity contribution >= 4 is 80.0 Å². The van der Waals surface area contributed by atoms with E-state index >= 15 is 0 Å². The molecule has 17 heavy (non-hydrogen) atoms.